The SMILES string of the molecule is ClNc1ncnc2c(CN3CC[C@@H](CCc4ccccc4)C3)c[nH]c12. The fraction of sp³-hybridized carbons (Fsp3) is 0.368. The van der Waals surface area contributed by atoms with Crippen LogP contribution in [0.2, 0.25) is 0 Å². The van der Waals surface area contributed by atoms with Gasteiger partial charge in [0, 0.05) is 36.6 Å². The van der Waals surface area contributed by atoms with Crippen molar-refractivity contribution in [3.05, 3.63) is 54.0 Å². The molecule has 3 aromatic rings. The van der Waals surface area contributed by atoms with E-state index in [1.54, 1.807) is 6.33 Å². The zero-order chi connectivity index (χ0) is 17.1. The van der Waals surface area contributed by atoms with Crippen molar-refractivity contribution in [3.8, 4) is 0 Å². The maximum absolute atomic E-state index is 5.72. The molecule has 0 aliphatic carbocycles. The summed E-state index contributed by atoms with van der Waals surface area (Å²) in [7, 11) is 0. The van der Waals surface area contributed by atoms with Crippen LogP contribution in [0, 0.1) is 5.92 Å². The zero-order valence-corrected chi connectivity index (χ0v) is 14.8. The van der Waals surface area contributed by atoms with Crippen molar-refractivity contribution in [2.24, 2.45) is 5.92 Å². The molecule has 130 valence electrons. The zero-order valence-electron chi connectivity index (χ0n) is 14.1. The van der Waals surface area contributed by atoms with Gasteiger partial charge in [-0.15, -0.1) is 0 Å². The van der Waals surface area contributed by atoms with Gasteiger partial charge in [0.2, 0.25) is 0 Å². The molecule has 1 aliphatic rings. The predicted octanol–water partition coefficient (Wildman–Crippen LogP) is 3.98. The smallest absolute Gasteiger partial charge is 0.168 e. The number of benzene rings is 1. The lowest BCUT2D eigenvalue weighted by Gasteiger charge is -2.15. The average Bonchev–Trinajstić information content (AvgIpc) is 3.28. The summed E-state index contributed by atoms with van der Waals surface area (Å²) < 4.78 is 0. The second-order valence-corrected chi connectivity index (χ2v) is 6.96. The molecule has 0 saturated carbocycles. The molecule has 1 aromatic carbocycles. The Morgan fingerprint density at radius 1 is 1.24 bits per heavy atom. The van der Waals surface area contributed by atoms with Crippen LogP contribution in [-0.4, -0.2) is 32.9 Å². The summed E-state index contributed by atoms with van der Waals surface area (Å²) >= 11 is 5.72. The Bertz CT molecular complexity index is 832. The summed E-state index contributed by atoms with van der Waals surface area (Å²) in [5.74, 6) is 1.40. The molecule has 25 heavy (non-hydrogen) atoms. The number of anilines is 1. The monoisotopic (exact) mass is 355 g/mol. The molecule has 0 unspecified atom stereocenters. The molecule has 1 aliphatic heterocycles. The molecular weight excluding hydrogens is 334 g/mol. The van der Waals surface area contributed by atoms with Crippen molar-refractivity contribution in [1.82, 2.24) is 19.9 Å². The molecule has 3 heterocycles. The number of H-pyrrole nitrogens is 1. The van der Waals surface area contributed by atoms with E-state index >= 15 is 0 Å². The van der Waals surface area contributed by atoms with Gasteiger partial charge in [-0.05, 0) is 37.3 Å². The van der Waals surface area contributed by atoms with E-state index in [4.69, 9.17) is 11.8 Å². The van der Waals surface area contributed by atoms with Crippen LogP contribution in [-0.2, 0) is 13.0 Å². The Kier molecular flexibility index (Phi) is 4.85. The first kappa shape index (κ1) is 16.4. The number of rotatable bonds is 6. The Labute approximate surface area is 152 Å². The number of aromatic nitrogens is 3. The number of aromatic amines is 1. The van der Waals surface area contributed by atoms with Crippen LogP contribution in [0.25, 0.3) is 11.0 Å². The first-order chi connectivity index (χ1) is 12.3. The standard InChI is InChI=1S/C19H22ClN5/c20-24-19-18-17(22-13-23-19)16(10-21-18)12-25-9-8-15(11-25)7-6-14-4-2-1-3-5-14/h1-5,10,13,15,21H,6-9,11-12H2,(H,22,23,24)/t15-/m1/s1. The molecule has 0 amide bonds. The van der Waals surface area contributed by atoms with Crippen molar-refractivity contribution in [2.75, 3.05) is 17.9 Å². The fourth-order valence-corrected chi connectivity index (χ4v) is 3.88. The van der Waals surface area contributed by atoms with E-state index in [0.717, 1.165) is 36.6 Å². The van der Waals surface area contributed by atoms with E-state index < -0.39 is 0 Å². The van der Waals surface area contributed by atoms with Gasteiger partial charge >= 0.3 is 0 Å². The Hall–Kier alpha value is -2.11. The molecule has 0 radical (unpaired) electrons. The number of fused-ring (bicyclic) bond motifs is 1. The topological polar surface area (TPSA) is 56.8 Å². The maximum Gasteiger partial charge on any atom is 0.168 e. The van der Waals surface area contributed by atoms with Gasteiger partial charge in [0.05, 0.1) is 5.52 Å². The van der Waals surface area contributed by atoms with Crippen LogP contribution in [0.5, 0.6) is 0 Å². The fourth-order valence-electron chi connectivity index (χ4n) is 3.73. The molecule has 2 aromatic heterocycles. The van der Waals surface area contributed by atoms with Gasteiger partial charge < -0.3 is 4.98 Å². The summed E-state index contributed by atoms with van der Waals surface area (Å²) in [4.78, 5) is 16.9. The van der Waals surface area contributed by atoms with E-state index in [-0.39, 0.29) is 0 Å². The number of likely N-dealkylation sites (tertiary alicyclic amines) is 1. The van der Waals surface area contributed by atoms with Gasteiger partial charge in [0.15, 0.2) is 5.82 Å². The van der Waals surface area contributed by atoms with Crippen LogP contribution in [0.15, 0.2) is 42.9 Å². The highest BCUT2D eigenvalue weighted by atomic mass is 35.5. The highest BCUT2D eigenvalue weighted by Crippen LogP contribution is 2.26. The van der Waals surface area contributed by atoms with Gasteiger partial charge in [0.1, 0.15) is 11.8 Å². The van der Waals surface area contributed by atoms with Crippen molar-refractivity contribution < 1.29 is 0 Å². The summed E-state index contributed by atoms with van der Waals surface area (Å²) in [6, 6.07) is 10.8. The molecule has 1 atom stereocenters. The third-order valence-corrected chi connectivity index (χ3v) is 5.26. The van der Waals surface area contributed by atoms with Crippen molar-refractivity contribution >= 4 is 28.6 Å². The molecular formula is C19H22ClN5. The van der Waals surface area contributed by atoms with Crippen LogP contribution < -0.4 is 4.84 Å². The van der Waals surface area contributed by atoms with Crippen LogP contribution in [0.4, 0.5) is 5.82 Å². The van der Waals surface area contributed by atoms with Gasteiger partial charge in [0.25, 0.3) is 0 Å². The number of aryl methyl sites for hydroxylation is 1. The minimum atomic E-state index is 0.625. The lowest BCUT2D eigenvalue weighted by atomic mass is 9.99. The maximum atomic E-state index is 5.72. The first-order valence-electron chi connectivity index (χ1n) is 8.77. The molecule has 4 rings (SSSR count). The van der Waals surface area contributed by atoms with Gasteiger partial charge in [-0.3, -0.25) is 9.74 Å². The van der Waals surface area contributed by atoms with Crippen molar-refractivity contribution in [3.63, 3.8) is 0 Å². The number of nitrogens with one attached hydrogen (secondary N) is 2. The number of hydrogen-bond donors (Lipinski definition) is 2. The minimum absolute atomic E-state index is 0.625. The highest BCUT2D eigenvalue weighted by molar-refractivity contribution is 6.25. The lowest BCUT2D eigenvalue weighted by Crippen LogP contribution is -2.20. The molecule has 6 heteroatoms. The van der Waals surface area contributed by atoms with Gasteiger partial charge in [-0.25, -0.2) is 9.97 Å². The molecule has 1 saturated heterocycles. The van der Waals surface area contributed by atoms with Gasteiger partial charge in [-0.1, -0.05) is 30.3 Å². The van der Waals surface area contributed by atoms with E-state index in [2.05, 4.69) is 55.0 Å². The second-order valence-electron chi connectivity index (χ2n) is 6.77. The Balaban J connectivity index is 1.37. The van der Waals surface area contributed by atoms with Crippen LogP contribution in [0.1, 0.15) is 24.0 Å². The van der Waals surface area contributed by atoms with Crippen LogP contribution in [0.3, 0.4) is 0 Å². The highest BCUT2D eigenvalue weighted by Gasteiger charge is 2.23. The molecule has 0 bridgehead atoms. The first-order valence-corrected chi connectivity index (χ1v) is 9.15. The number of halogens is 1. The average molecular weight is 356 g/mol. The van der Waals surface area contributed by atoms with Crippen molar-refractivity contribution in [1.29, 1.82) is 0 Å². The quantitative estimate of drug-likeness (QED) is 0.657. The predicted molar refractivity (Wildman–Crippen MR) is 102 cm³/mol. The Morgan fingerprint density at radius 2 is 2.12 bits per heavy atom. The largest absolute Gasteiger partial charge is 0.356 e. The third kappa shape index (κ3) is 3.62. The summed E-state index contributed by atoms with van der Waals surface area (Å²) in [6.45, 7) is 3.23. The van der Waals surface area contributed by atoms with E-state index in [1.807, 2.05) is 6.20 Å². The molecule has 0 spiro atoms. The minimum Gasteiger partial charge on any atom is -0.356 e. The molecule has 2 N–H and O–H groups in total. The summed E-state index contributed by atoms with van der Waals surface area (Å²) in [6.07, 6.45) is 7.28. The van der Waals surface area contributed by atoms with E-state index in [1.165, 1.54) is 30.4 Å². The van der Waals surface area contributed by atoms with Crippen LogP contribution >= 0.6 is 11.8 Å². The third-order valence-electron chi connectivity index (χ3n) is 5.08. The molecule has 5 nitrogen and oxygen atoms in total. The van der Waals surface area contributed by atoms with E-state index in [9.17, 15) is 0 Å². The van der Waals surface area contributed by atoms with E-state index in [0.29, 0.717) is 5.82 Å². The van der Waals surface area contributed by atoms with Crippen molar-refractivity contribution in [2.45, 2.75) is 25.8 Å². The normalized spacial score (nSPS) is 18.0. The summed E-state index contributed by atoms with van der Waals surface area (Å²) in [5, 5.41) is 0. The number of nitrogens with zero attached hydrogens (tertiary/aromatic N) is 3. The lowest BCUT2D eigenvalue weighted by molar-refractivity contribution is 0.314. The second kappa shape index (κ2) is 7.42. The molecule has 1 fully saturated rings. The van der Waals surface area contributed by atoms with Gasteiger partial charge in [-0.2, -0.15) is 0 Å². The summed E-state index contributed by atoms with van der Waals surface area (Å²) in [5.41, 5.74) is 4.46. The number of hydrogen-bond acceptors (Lipinski definition) is 4. The Morgan fingerprint density at radius 3 is 2.96 bits per heavy atom.